The van der Waals surface area contributed by atoms with E-state index in [9.17, 15) is 39.6 Å². The molecule has 39 heavy (non-hydrogen) atoms. The van der Waals surface area contributed by atoms with Gasteiger partial charge in [-0.05, 0) is 56.5 Å². The number of carbonyl (C=O) groups excluding carboxylic acids is 4. The zero-order valence-corrected chi connectivity index (χ0v) is 21.2. The number of aromatic nitrogens is 1. The Morgan fingerprint density at radius 3 is 2.54 bits per heavy atom. The van der Waals surface area contributed by atoms with Crippen molar-refractivity contribution in [1.29, 1.82) is 0 Å². The number of aromatic hydroxyl groups is 1. The van der Waals surface area contributed by atoms with E-state index >= 15 is 0 Å². The fourth-order valence-electron chi connectivity index (χ4n) is 6.28. The van der Waals surface area contributed by atoms with Crippen LogP contribution in [0.4, 0.5) is 0 Å². The fraction of sp³-hybridized carbons (Fsp3) is 0.370. The molecule has 1 amide bonds. The van der Waals surface area contributed by atoms with Crippen molar-refractivity contribution in [3.8, 4) is 5.75 Å². The molecule has 2 aromatic rings. The van der Waals surface area contributed by atoms with E-state index in [0.717, 1.165) is 0 Å². The number of primary amides is 1. The molecule has 3 aliphatic carbocycles. The number of fused-ring (bicyclic) bond motifs is 3. The zero-order chi connectivity index (χ0) is 28.4. The SMILES string of the molecule is CN(C)C1C(=O)C(C(N)=O)=C(O)C2(O)C(=O)C3=C(O)c4c(O)ccc(CCC(=O)c5cnoc5)c4CC3CC12. The van der Waals surface area contributed by atoms with Gasteiger partial charge in [0.1, 0.15) is 29.1 Å². The van der Waals surface area contributed by atoms with Gasteiger partial charge >= 0.3 is 0 Å². The third-order valence-electron chi connectivity index (χ3n) is 8.08. The van der Waals surface area contributed by atoms with Crippen LogP contribution in [0.2, 0.25) is 0 Å². The molecule has 3 aliphatic rings. The van der Waals surface area contributed by atoms with Crippen LogP contribution in [-0.2, 0) is 27.2 Å². The van der Waals surface area contributed by atoms with Crippen LogP contribution >= 0.6 is 0 Å². The van der Waals surface area contributed by atoms with E-state index in [1.165, 1.54) is 37.5 Å². The summed E-state index contributed by atoms with van der Waals surface area (Å²) in [6.45, 7) is 0. The first-order valence-electron chi connectivity index (χ1n) is 12.3. The lowest BCUT2D eigenvalue weighted by Gasteiger charge is -2.50. The zero-order valence-electron chi connectivity index (χ0n) is 21.2. The van der Waals surface area contributed by atoms with E-state index < -0.39 is 58.0 Å². The summed E-state index contributed by atoms with van der Waals surface area (Å²) in [7, 11) is 3.08. The number of likely N-dealkylation sites (N-methyl/N-ethyl adjacent to an activating group) is 1. The Morgan fingerprint density at radius 2 is 1.92 bits per heavy atom. The molecule has 1 aromatic heterocycles. The average Bonchev–Trinajstić information content (AvgIpc) is 3.40. The largest absolute Gasteiger partial charge is 0.508 e. The van der Waals surface area contributed by atoms with Gasteiger partial charge < -0.3 is 30.7 Å². The molecule has 0 saturated heterocycles. The number of amides is 1. The Kier molecular flexibility index (Phi) is 6.19. The van der Waals surface area contributed by atoms with Crippen molar-refractivity contribution in [3.63, 3.8) is 0 Å². The second-order valence-corrected chi connectivity index (χ2v) is 10.4. The van der Waals surface area contributed by atoms with E-state index in [1.807, 2.05) is 0 Å². The van der Waals surface area contributed by atoms with Crippen molar-refractivity contribution in [2.45, 2.75) is 37.3 Å². The standard InChI is InChI=1S/C27H27N3O9/c1-30(2)21-15-8-12-7-14-11(3-5-16(31)13-9-29-39-10-13)4-6-17(32)19(14)22(33)18(12)24(35)27(15,38)25(36)20(23(21)34)26(28)37/h4,6,9-10,12,15,21,32-33,36,38H,3,5,7-8H2,1-2H3,(H2,28,37). The molecule has 0 spiro atoms. The van der Waals surface area contributed by atoms with Crippen LogP contribution in [0.3, 0.4) is 0 Å². The number of hydrogen-bond donors (Lipinski definition) is 5. The molecular formula is C27H27N3O9. The first kappa shape index (κ1) is 26.3. The van der Waals surface area contributed by atoms with Gasteiger partial charge in [-0.2, -0.15) is 0 Å². The van der Waals surface area contributed by atoms with Gasteiger partial charge in [-0.1, -0.05) is 11.2 Å². The molecule has 0 aliphatic heterocycles. The summed E-state index contributed by atoms with van der Waals surface area (Å²) < 4.78 is 4.72. The Morgan fingerprint density at radius 1 is 1.21 bits per heavy atom. The Labute approximate surface area is 222 Å². The highest BCUT2D eigenvalue weighted by molar-refractivity contribution is 6.24. The summed E-state index contributed by atoms with van der Waals surface area (Å²) in [6.07, 6.45) is 3.04. The molecule has 1 saturated carbocycles. The molecule has 0 radical (unpaired) electrons. The van der Waals surface area contributed by atoms with Crippen LogP contribution in [-0.4, -0.2) is 79.5 Å². The number of aliphatic hydroxyl groups is 3. The molecule has 1 fully saturated rings. The molecule has 12 heteroatoms. The van der Waals surface area contributed by atoms with Crippen LogP contribution in [0.1, 0.15) is 39.9 Å². The summed E-state index contributed by atoms with van der Waals surface area (Å²) >= 11 is 0. The molecular weight excluding hydrogens is 510 g/mol. The van der Waals surface area contributed by atoms with Crippen molar-refractivity contribution in [2.24, 2.45) is 17.6 Å². The molecule has 0 bridgehead atoms. The number of phenolic OH excluding ortho intramolecular Hbond substituents is 1. The predicted octanol–water partition coefficient (Wildman–Crippen LogP) is 0.768. The van der Waals surface area contributed by atoms with Gasteiger partial charge in [0.25, 0.3) is 5.91 Å². The van der Waals surface area contributed by atoms with Crippen molar-refractivity contribution in [3.05, 3.63) is 63.8 Å². The number of aliphatic hydroxyl groups excluding tert-OH is 2. The molecule has 1 aromatic carbocycles. The molecule has 5 rings (SSSR count). The number of carbonyl (C=O) groups is 4. The molecule has 12 nitrogen and oxygen atoms in total. The summed E-state index contributed by atoms with van der Waals surface area (Å²) in [4.78, 5) is 53.0. The van der Waals surface area contributed by atoms with Crippen LogP contribution in [0.5, 0.6) is 5.75 Å². The van der Waals surface area contributed by atoms with Crippen LogP contribution < -0.4 is 5.73 Å². The highest BCUT2D eigenvalue weighted by atomic mass is 16.5. The van der Waals surface area contributed by atoms with Crippen molar-refractivity contribution < 1.29 is 44.1 Å². The number of aryl methyl sites for hydroxylation is 1. The maximum absolute atomic E-state index is 13.8. The lowest BCUT2D eigenvalue weighted by Crippen LogP contribution is -2.65. The minimum absolute atomic E-state index is 0.0128. The smallest absolute Gasteiger partial charge is 0.255 e. The van der Waals surface area contributed by atoms with Crippen LogP contribution in [0.15, 0.2) is 46.0 Å². The van der Waals surface area contributed by atoms with Crippen molar-refractivity contribution >= 4 is 29.0 Å². The number of nitrogens with two attached hydrogens (primary N) is 1. The molecule has 1 heterocycles. The second kappa shape index (κ2) is 9.17. The highest BCUT2D eigenvalue weighted by Crippen LogP contribution is 2.53. The molecule has 4 atom stereocenters. The quantitative estimate of drug-likeness (QED) is 0.257. The molecule has 204 valence electrons. The second-order valence-electron chi connectivity index (χ2n) is 10.4. The molecule has 4 unspecified atom stereocenters. The fourth-order valence-corrected chi connectivity index (χ4v) is 6.28. The lowest BCUT2D eigenvalue weighted by atomic mass is 9.57. The third-order valence-corrected chi connectivity index (χ3v) is 8.08. The van der Waals surface area contributed by atoms with Crippen molar-refractivity contribution in [1.82, 2.24) is 10.1 Å². The minimum atomic E-state index is -2.69. The van der Waals surface area contributed by atoms with E-state index in [0.29, 0.717) is 16.7 Å². The van der Waals surface area contributed by atoms with Crippen LogP contribution in [0.25, 0.3) is 5.76 Å². The van der Waals surface area contributed by atoms with Gasteiger partial charge in [0.15, 0.2) is 17.2 Å². The molecule has 6 N–H and O–H groups in total. The predicted molar refractivity (Wildman–Crippen MR) is 133 cm³/mol. The number of ketones is 3. The summed E-state index contributed by atoms with van der Waals surface area (Å²) in [5.41, 5.74) is 3.04. The van der Waals surface area contributed by atoms with E-state index in [2.05, 4.69) is 5.16 Å². The van der Waals surface area contributed by atoms with Crippen LogP contribution in [0, 0.1) is 11.8 Å². The Balaban J connectivity index is 1.61. The summed E-state index contributed by atoms with van der Waals surface area (Å²) in [6, 6.07) is 1.81. The summed E-state index contributed by atoms with van der Waals surface area (Å²) in [5.74, 6) is -7.27. The topological polar surface area (TPSA) is 204 Å². The van der Waals surface area contributed by atoms with Gasteiger partial charge in [-0.3, -0.25) is 24.1 Å². The monoisotopic (exact) mass is 537 g/mol. The first-order chi connectivity index (χ1) is 18.4. The Bertz CT molecular complexity index is 1490. The van der Waals surface area contributed by atoms with Gasteiger partial charge in [0, 0.05) is 17.9 Å². The van der Waals surface area contributed by atoms with Gasteiger partial charge in [-0.25, -0.2) is 0 Å². The normalized spacial score (nSPS) is 26.4. The third kappa shape index (κ3) is 3.78. The van der Waals surface area contributed by atoms with Crippen molar-refractivity contribution in [2.75, 3.05) is 14.1 Å². The number of rotatable bonds is 6. The number of Topliss-reactive ketones (excluding diaryl/α,β-unsaturated/α-hetero) is 3. The summed E-state index contributed by atoms with van der Waals surface area (Å²) in [5, 5.41) is 48.0. The maximum Gasteiger partial charge on any atom is 0.255 e. The lowest BCUT2D eigenvalue weighted by molar-refractivity contribution is -0.153. The van der Waals surface area contributed by atoms with Gasteiger partial charge in [0.05, 0.1) is 23.4 Å². The first-order valence-corrected chi connectivity index (χ1v) is 12.3. The highest BCUT2D eigenvalue weighted by Gasteiger charge is 2.64. The van der Waals surface area contributed by atoms with E-state index in [-0.39, 0.29) is 48.4 Å². The average molecular weight is 538 g/mol. The minimum Gasteiger partial charge on any atom is -0.508 e. The van der Waals surface area contributed by atoms with Gasteiger partial charge in [-0.15, -0.1) is 0 Å². The van der Waals surface area contributed by atoms with Gasteiger partial charge in [0.2, 0.25) is 5.78 Å². The van der Waals surface area contributed by atoms with E-state index in [4.69, 9.17) is 10.3 Å². The maximum atomic E-state index is 13.8. The van der Waals surface area contributed by atoms with E-state index in [1.54, 1.807) is 6.07 Å². The number of hydrogen-bond acceptors (Lipinski definition) is 11. The number of benzene rings is 1. The number of nitrogens with zero attached hydrogens (tertiary/aromatic N) is 2. The number of phenols is 1. The Hall–Kier alpha value is -4.29.